The van der Waals surface area contributed by atoms with E-state index in [4.69, 9.17) is 4.74 Å². The number of allylic oxidation sites excluding steroid dienone is 1. The van der Waals surface area contributed by atoms with Crippen molar-refractivity contribution < 1.29 is 14.1 Å². The van der Waals surface area contributed by atoms with Crippen LogP contribution in [0.3, 0.4) is 0 Å². The van der Waals surface area contributed by atoms with Gasteiger partial charge in [0.1, 0.15) is 0 Å². The number of halogens is 2. The monoisotopic (exact) mass is 440 g/mol. The summed E-state index contributed by atoms with van der Waals surface area (Å²) in [6, 6.07) is 4.42. The average Bonchev–Trinajstić information content (AvgIpc) is 2.96. The standard InChI is InChI=1S/C20H26BrFN2O3/c1-4-9-23-17-13-16(22)18(24(25)26)11-15(17)12-19(23)20(2,3)14-27-10-7-5-6-8-21/h4,11-13H,1,5-10,14H2,2-3H3. The van der Waals surface area contributed by atoms with Crippen LogP contribution in [0.5, 0.6) is 0 Å². The zero-order chi connectivity index (χ0) is 20.0. The van der Waals surface area contributed by atoms with E-state index in [1.807, 2.05) is 10.6 Å². The van der Waals surface area contributed by atoms with E-state index in [1.54, 1.807) is 6.08 Å². The number of nitro benzene ring substituents is 1. The molecular formula is C20H26BrFN2O3. The molecule has 0 atom stereocenters. The molecule has 1 aromatic heterocycles. The number of unbranched alkanes of at least 4 members (excludes halogenated alkanes) is 2. The first-order valence-electron chi connectivity index (χ1n) is 9.04. The van der Waals surface area contributed by atoms with Crippen LogP contribution < -0.4 is 0 Å². The fraction of sp³-hybridized carbons (Fsp3) is 0.500. The zero-order valence-corrected chi connectivity index (χ0v) is 17.4. The number of hydrogen-bond acceptors (Lipinski definition) is 3. The van der Waals surface area contributed by atoms with Gasteiger partial charge in [0.15, 0.2) is 0 Å². The number of aromatic nitrogens is 1. The van der Waals surface area contributed by atoms with Crippen LogP contribution >= 0.6 is 15.9 Å². The molecule has 1 heterocycles. The zero-order valence-electron chi connectivity index (χ0n) is 15.8. The van der Waals surface area contributed by atoms with Gasteiger partial charge in [0.2, 0.25) is 5.82 Å². The van der Waals surface area contributed by atoms with Crippen LogP contribution in [0, 0.1) is 15.9 Å². The summed E-state index contributed by atoms with van der Waals surface area (Å²) in [4.78, 5) is 10.4. The highest BCUT2D eigenvalue weighted by molar-refractivity contribution is 9.09. The molecule has 0 radical (unpaired) electrons. The molecule has 2 aromatic rings. The molecule has 0 bridgehead atoms. The minimum atomic E-state index is -0.830. The van der Waals surface area contributed by atoms with E-state index >= 15 is 0 Å². The number of ether oxygens (including phenoxy) is 1. The quantitative estimate of drug-likeness (QED) is 0.147. The highest BCUT2D eigenvalue weighted by Crippen LogP contribution is 2.33. The summed E-state index contributed by atoms with van der Waals surface area (Å²) in [6.07, 6.45) is 4.99. The lowest BCUT2D eigenvalue weighted by molar-refractivity contribution is -0.387. The number of hydrogen-bond donors (Lipinski definition) is 0. The maximum Gasteiger partial charge on any atom is 0.305 e. The lowest BCUT2D eigenvalue weighted by Gasteiger charge is -2.26. The van der Waals surface area contributed by atoms with Crippen molar-refractivity contribution in [2.24, 2.45) is 0 Å². The van der Waals surface area contributed by atoms with E-state index in [9.17, 15) is 14.5 Å². The molecule has 0 N–H and O–H groups in total. The van der Waals surface area contributed by atoms with Gasteiger partial charge in [-0.3, -0.25) is 10.1 Å². The van der Waals surface area contributed by atoms with Crippen LogP contribution in [0.1, 0.15) is 38.8 Å². The first-order chi connectivity index (χ1) is 12.8. The molecule has 0 saturated heterocycles. The van der Waals surface area contributed by atoms with Crippen molar-refractivity contribution in [1.82, 2.24) is 4.57 Å². The molecular weight excluding hydrogens is 415 g/mol. The Labute approximate surface area is 167 Å². The second kappa shape index (κ2) is 9.46. The van der Waals surface area contributed by atoms with E-state index in [0.29, 0.717) is 30.7 Å². The van der Waals surface area contributed by atoms with Crippen LogP contribution in [0.15, 0.2) is 30.9 Å². The Morgan fingerprint density at radius 1 is 1.33 bits per heavy atom. The lowest BCUT2D eigenvalue weighted by atomic mass is 9.90. The number of benzene rings is 1. The third-order valence-corrected chi connectivity index (χ3v) is 5.12. The van der Waals surface area contributed by atoms with Crippen LogP contribution in [0.25, 0.3) is 10.9 Å². The number of rotatable bonds is 11. The maximum atomic E-state index is 14.1. The van der Waals surface area contributed by atoms with E-state index < -0.39 is 16.4 Å². The normalized spacial score (nSPS) is 11.9. The minimum Gasteiger partial charge on any atom is -0.380 e. The van der Waals surface area contributed by atoms with Gasteiger partial charge >= 0.3 is 5.69 Å². The number of fused-ring (bicyclic) bond motifs is 1. The van der Waals surface area contributed by atoms with E-state index in [1.165, 1.54) is 12.1 Å². The molecule has 0 saturated carbocycles. The van der Waals surface area contributed by atoms with Crippen molar-refractivity contribution in [2.75, 3.05) is 18.5 Å². The second-order valence-electron chi connectivity index (χ2n) is 7.23. The fourth-order valence-corrected chi connectivity index (χ4v) is 3.57. The Balaban J connectivity index is 2.30. The van der Waals surface area contributed by atoms with Gasteiger partial charge in [-0.2, -0.15) is 4.39 Å². The molecule has 148 valence electrons. The first kappa shape index (κ1) is 21.6. The van der Waals surface area contributed by atoms with Crippen molar-refractivity contribution >= 4 is 32.5 Å². The Bertz CT molecular complexity index is 817. The third kappa shape index (κ3) is 5.17. The third-order valence-electron chi connectivity index (χ3n) is 4.56. The SMILES string of the molecule is C=CCn1c(C(C)(C)COCCCCCBr)cc2cc([N+](=O)[O-])c(F)cc21. The van der Waals surface area contributed by atoms with Gasteiger partial charge in [0.05, 0.1) is 17.0 Å². The van der Waals surface area contributed by atoms with Gasteiger partial charge in [-0.15, -0.1) is 6.58 Å². The topological polar surface area (TPSA) is 57.3 Å². The molecule has 0 spiro atoms. The second-order valence-corrected chi connectivity index (χ2v) is 8.03. The van der Waals surface area contributed by atoms with E-state index in [0.717, 1.165) is 30.3 Å². The van der Waals surface area contributed by atoms with Crippen molar-refractivity contribution in [2.45, 2.75) is 45.1 Å². The van der Waals surface area contributed by atoms with Crippen LogP contribution in [0.2, 0.25) is 0 Å². The van der Waals surface area contributed by atoms with Crippen LogP contribution in [-0.2, 0) is 16.7 Å². The maximum absolute atomic E-state index is 14.1. The molecule has 0 aliphatic heterocycles. The Kier molecular flexibility index (Phi) is 7.56. The fourth-order valence-electron chi connectivity index (χ4n) is 3.17. The largest absolute Gasteiger partial charge is 0.380 e. The first-order valence-corrected chi connectivity index (χ1v) is 10.2. The summed E-state index contributed by atoms with van der Waals surface area (Å²) in [7, 11) is 0. The van der Waals surface area contributed by atoms with Crippen molar-refractivity contribution in [3.05, 3.63) is 52.5 Å². The Morgan fingerprint density at radius 3 is 2.70 bits per heavy atom. The molecule has 27 heavy (non-hydrogen) atoms. The van der Waals surface area contributed by atoms with Gasteiger partial charge in [-0.25, -0.2) is 0 Å². The van der Waals surface area contributed by atoms with E-state index in [-0.39, 0.29) is 5.41 Å². The molecule has 7 heteroatoms. The smallest absolute Gasteiger partial charge is 0.305 e. The molecule has 0 amide bonds. The highest BCUT2D eigenvalue weighted by atomic mass is 79.9. The predicted octanol–water partition coefficient (Wildman–Crippen LogP) is 5.73. The molecule has 0 aliphatic carbocycles. The summed E-state index contributed by atoms with van der Waals surface area (Å²) in [6.45, 7) is 9.60. The number of nitro groups is 1. The van der Waals surface area contributed by atoms with Gasteiger partial charge < -0.3 is 9.30 Å². The molecule has 0 unspecified atom stereocenters. The number of alkyl halides is 1. The highest BCUT2D eigenvalue weighted by Gasteiger charge is 2.27. The predicted molar refractivity (Wildman–Crippen MR) is 110 cm³/mol. The van der Waals surface area contributed by atoms with Gasteiger partial charge in [-0.1, -0.05) is 42.3 Å². The van der Waals surface area contributed by atoms with Crippen molar-refractivity contribution in [1.29, 1.82) is 0 Å². The van der Waals surface area contributed by atoms with Crippen LogP contribution in [0.4, 0.5) is 10.1 Å². The van der Waals surface area contributed by atoms with E-state index in [2.05, 4.69) is 36.4 Å². The van der Waals surface area contributed by atoms with Gasteiger partial charge in [-0.05, 0) is 18.9 Å². The summed E-state index contributed by atoms with van der Waals surface area (Å²) in [5, 5.41) is 12.7. The minimum absolute atomic E-state index is 0.331. The Morgan fingerprint density at radius 2 is 2.07 bits per heavy atom. The van der Waals surface area contributed by atoms with Gasteiger partial charge in [0.25, 0.3) is 0 Å². The van der Waals surface area contributed by atoms with Gasteiger partial charge in [0, 0.05) is 47.1 Å². The van der Waals surface area contributed by atoms with Crippen molar-refractivity contribution in [3.8, 4) is 0 Å². The summed E-state index contributed by atoms with van der Waals surface area (Å²) in [5.41, 5.74) is 0.727. The molecule has 5 nitrogen and oxygen atoms in total. The molecule has 0 fully saturated rings. The average molecular weight is 441 g/mol. The summed E-state index contributed by atoms with van der Waals surface area (Å²) < 4.78 is 22.0. The van der Waals surface area contributed by atoms with Crippen LogP contribution in [-0.4, -0.2) is 28.0 Å². The summed E-state index contributed by atoms with van der Waals surface area (Å²) >= 11 is 3.42. The lowest BCUT2D eigenvalue weighted by Crippen LogP contribution is -2.28. The molecule has 2 rings (SSSR count). The summed E-state index contributed by atoms with van der Waals surface area (Å²) in [5.74, 6) is -0.830. The molecule has 1 aromatic carbocycles. The number of nitrogens with zero attached hydrogens (tertiary/aromatic N) is 2. The Hall–Kier alpha value is -1.73. The molecule has 0 aliphatic rings. The van der Waals surface area contributed by atoms with Crippen molar-refractivity contribution in [3.63, 3.8) is 0 Å².